The minimum Gasteiger partial charge on any atom is -0.383 e. The Kier molecular flexibility index (Phi) is 5.66. The van der Waals surface area contributed by atoms with E-state index in [-0.39, 0.29) is 17.2 Å². The molecule has 2 heterocycles. The van der Waals surface area contributed by atoms with Gasteiger partial charge in [-0.1, -0.05) is 17.7 Å². The van der Waals surface area contributed by atoms with E-state index >= 15 is 0 Å². The van der Waals surface area contributed by atoms with Crippen LogP contribution in [0.1, 0.15) is 47.2 Å². The zero-order valence-electron chi connectivity index (χ0n) is 16.2. The first kappa shape index (κ1) is 18.9. The number of carbonyl (C=O) groups is 2. The fourth-order valence-electron chi connectivity index (χ4n) is 4.32. The van der Waals surface area contributed by atoms with Crippen molar-refractivity contribution in [1.82, 2.24) is 9.80 Å². The van der Waals surface area contributed by atoms with Crippen LogP contribution in [-0.4, -0.2) is 61.5 Å². The number of carbonyl (C=O) groups excluding carboxylic acids is 2. The Morgan fingerprint density at radius 2 is 1.92 bits per heavy atom. The number of methoxy groups -OCH3 is 1. The molecular weight excluding hydrogens is 328 g/mol. The van der Waals surface area contributed by atoms with E-state index in [0.717, 1.165) is 50.0 Å². The molecule has 2 aliphatic rings. The highest BCUT2D eigenvalue weighted by atomic mass is 16.5. The van der Waals surface area contributed by atoms with Crippen LogP contribution in [0, 0.1) is 19.3 Å². The second kappa shape index (κ2) is 7.78. The summed E-state index contributed by atoms with van der Waals surface area (Å²) in [5.41, 5.74) is 3.21. The van der Waals surface area contributed by atoms with Gasteiger partial charge in [-0.15, -0.1) is 0 Å². The van der Waals surface area contributed by atoms with Crippen LogP contribution in [0.25, 0.3) is 0 Å². The fourth-order valence-corrected chi connectivity index (χ4v) is 4.32. The van der Waals surface area contributed by atoms with Crippen molar-refractivity contribution in [3.8, 4) is 0 Å². The highest BCUT2D eigenvalue weighted by Crippen LogP contribution is 2.40. The zero-order chi connectivity index (χ0) is 18.7. The Hall–Kier alpha value is -1.88. The molecule has 2 aliphatic heterocycles. The van der Waals surface area contributed by atoms with E-state index in [9.17, 15) is 9.59 Å². The lowest BCUT2D eigenvalue weighted by atomic mass is 9.72. The third kappa shape index (κ3) is 3.93. The normalized spacial score (nSPS) is 19.9. The van der Waals surface area contributed by atoms with Crippen molar-refractivity contribution in [1.29, 1.82) is 0 Å². The first-order valence-corrected chi connectivity index (χ1v) is 9.57. The molecule has 0 N–H and O–H groups in total. The number of hydrogen-bond acceptors (Lipinski definition) is 3. The van der Waals surface area contributed by atoms with Crippen LogP contribution >= 0.6 is 0 Å². The molecule has 0 aliphatic carbocycles. The number of ether oxygens (including phenoxy) is 1. The molecule has 0 aromatic heterocycles. The van der Waals surface area contributed by atoms with Gasteiger partial charge in [0, 0.05) is 45.3 Å². The number of amides is 2. The average molecular weight is 358 g/mol. The maximum Gasteiger partial charge on any atom is 0.254 e. The molecule has 2 amide bonds. The molecule has 142 valence electrons. The minimum absolute atomic E-state index is 0.139. The highest BCUT2D eigenvalue weighted by molar-refractivity contribution is 5.95. The van der Waals surface area contributed by atoms with Crippen molar-refractivity contribution < 1.29 is 14.3 Å². The van der Waals surface area contributed by atoms with Gasteiger partial charge in [-0.3, -0.25) is 9.59 Å². The molecule has 5 heteroatoms. The van der Waals surface area contributed by atoms with Gasteiger partial charge in [0.2, 0.25) is 5.91 Å². The molecular formula is C21H30N2O3. The predicted octanol–water partition coefficient (Wildman–Crippen LogP) is 2.79. The summed E-state index contributed by atoms with van der Waals surface area (Å²) in [6.07, 6.45) is 3.51. The van der Waals surface area contributed by atoms with Gasteiger partial charge < -0.3 is 14.5 Å². The van der Waals surface area contributed by atoms with E-state index in [1.807, 2.05) is 35.8 Å². The number of piperidine rings is 2. The maximum absolute atomic E-state index is 12.9. The minimum atomic E-state index is 0.139. The van der Waals surface area contributed by atoms with Crippen molar-refractivity contribution in [2.75, 3.05) is 39.9 Å². The van der Waals surface area contributed by atoms with E-state index in [1.54, 1.807) is 7.11 Å². The summed E-state index contributed by atoms with van der Waals surface area (Å²) in [7, 11) is 1.67. The third-order valence-electron chi connectivity index (χ3n) is 6.04. The summed E-state index contributed by atoms with van der Waals surface area (Å²) in [6, 6.07) is 6.02. The Bertz CT molecular complexity index is 678. The maximum atomic E-state index is 12.9. The van der Waals surface area contributed by atoms with E-state index < -0.39 is 0 Å². The van der Waals surface area contributed by atoms with Gasteiger partial charge in [-0.25, -0.2) is 0 Å². The molecule has 0 atom stereocenters. The number of likely N-dealkylation sites (tertiary alicyclic amines) is 2. The van der Waals surface area contributed by atoms with Gasteiger partial charge in [0.1, 0.15) is 0 Å². The van der Waals surface area contributed by atoms with Crippen molar-refractivity contribution in [3.63, 3.8) is 0 Å². The van der Waals surface area contributed by atoms with Crippen LogP contribution in [0.2, 0.25) is 0 Å². The summed E-state index contributed by atoms with van der Waals surface area (Å²) in [5.74, 6) is 0.377. The molecule has 3 rings (SSSR count). The van der Waals surface area contributed by atoms with E-state index in [0.29, 0.717) is 19.6 Å². The third-order valence-corrected chi connectivity index (χ3v) is 6.04. The van der Waals surface area contributed by atoms with Crippen LogP contribution in [-0.2, 0) is 9.53 Å². The molecule has 0 radical (unpaired) electrons. The second-order valence-corrected chi connectivity index (χ2v) is 7.92. The van der Waals surface area contributed by atoms with Crippen LogP contribution in [0.5, 0.6) is 0 Å². The van der Waals surface area contributed by atoms with E-state index in [2.05, 4.69) is 6.07 Å². The van der Waals surface area contributed by atoms with Gasteiger partial charge in [0.25, 0.3) is 5.91 Å². The van der Waals surface area contributed by atoms with Crippen LogP contribution in [0.4, 0.5) is 0 Å². The molecule has 1 spiro atoms. The molecule has 0 bridgehead atoms. The number of rotatable bonds is 4. The molecule has 2 fully saturated rings. The Morgan fingerprint density at radius 3 is 2.58 bits per heavy atom. The fraction of sp³-hybridized carbons (Fsp3) is 0.619. The van der Waals surface area contributed by atoms with Crippen molar-refractivity contribution in [3.05, 3.63) is 34.9 Å². The smallest absolute Gasteiger partial charge is 0.254 e. The molecule has 0 unspecified atom stereocenters. The van der Waals surface area contributed by atoms with Gasteiger partial charge in [0.15, 0.2) is 0 Å². The summed E-state index contributed by atoms with van der Waals surface area (Å²) in [4.78, 5) is 29.0. The number of hydrogen-bond donors (Lipinski definition) is 0. The number of aryl methyl sites for hydroxylation is 2. The van der Waals surface area contributed by atoms with Gasteiger partial charge in [-0.05, 0) is 50.2 Å². The summed E-state index contributed by atoms with van der Waals surface area (Å²) in [6.45, 7) is 7.66. The van der Waals surface area contributed by atoms with Crippen LogP contribution < -0.4 is 0 Å². The molecule has 1 aromatic carbocycles. The van der Waals surface area contributed by atoms with Crippen LogP contribution in [0.3, 0.4) is 0 Å². The lowest BCUT2D eigenvalue weighted by Gasteiger charge is -2.47. The molecule has 5 nitrogen and oxygen atoms in total. The SMILES string of the molecule is COCCN1CC2(CCC1=O)CCN(C(=O)c1ccc(C)cc1C)CC2. The summed E-state index contributed by atoms with van der Waals surface area (Å²) in [5, 5.41) is 0. The standard InChI is InChI=1S/C21H30N2O3/c1-16-4-5-18(17(2)14-16)20(25)22-10-8-21(9-11-22)7-6-19(24)23(15-21)12-13-26-3/h4-5,14H,6-13,15H2,1-3H3. The van der Waals surface area contributed by atoms with Gasteiger partial charge in [0.05, 0.1) is 6.61 Å². The summed E-state index contributed by atoms with van der Waals surface area (Å²) < 4.78 is 5.14. The van der Waals surface area contributed by atoms with E-state index in [4.69, 9.17) is 4.74 Å². The van der Waals surface area contributed by atoms with Gasteiger partial charge in [-0.2, -0.15) is 0 Å². The Morgan fingerprint density at radius 1 is 1.19 bits per heavy atom. The van der Waals surface area contributed by atoms with Gasteiger partial charge >= 0.3 is 0 Å². The quantitative estimate of drug-likeness (QED) is 0.832. The lowest BCUT2D eigenvalue weighted by molar-refractivity contribution is -0.139. The topological polar surface area (TPSA) is 49.9 Å². The van der Waals surface area contributed by atoms with Crippen molar-refractivity contribution in [2.24, 2.45) is 5.41 Å². The van der Waals surface area contributed by atoms with Crippen molar-refractivity contribution in [2.45, 2.75) is 39.5 Å². The monoisotopic (exact) mass is 358 g/mol. The van der Waals surface area contributed by atoms with Crippen LogP contribution in [0.15, 0.2) is 18.2 Å². The average Bonchev–Trinajstić information content (AvgIpc) is 2.63. The van der Waals surface area contributed by atoms with Crippen molar-refractivity contribution >= 4 is 11.8 Å². The second-order valence-electron chi connectivity index (χ2n) is 7.92. The zero-order valence-corrected chi connectivity index (χ0v) is 16.2. The number of nitrogens with zero attached hydrogens (tertiary/aromatic N) is 2. The lowest BCUT2D eigenvalue weighted by Crippen LogP contribution is -2.53. The predicted molar refractivity (Wildman–Crippen MR) is 101 cm³/mol. The summed E-state index contributed by atoms with van der Waals surface area (Å²) >= 11 is 0. The number of benzene rings is 1. The molecule has 2 saturated heterocycles. The van der Waals surface area contributed by atoms with E-state index in [1.165, 1.54) is 5.56 Å². The highest BCUT2D eigenvalue weighted by Gasteiger charge is 2.41. The molecule has 0 saturated carbocycles. The molecule has 1 aromatic rings. The first-order valence-electron chi connectivity index (χ1n) is 9.57. The largest absolute Gasteiger partial charge is 0.383 e. The molecule has 26 heavy (non-hydrogen) atoms. The first-order chi connectivity index (χ1) is 12.4. The Balaban J connectivity index is 1.63. The Labute approximate surface area is 156 Å².